The molecule has 0 fully saturated rings. The van der Waals surface area contributed by atoms with Crippen LogP contribution in [0.3, 0.4) is 0 Å². The fourth-order valence-electron chi connectivity index (χ4n) is 2.09. The van der Waals surface area contributed by atoms with E-state index in [1.807, 2.05) is 12.1 Å². The van der Waals surface area contributed by atoms with Crippen LogP contribution in [0.1, 0.15) is 45.7 Å². The number of rotatable bonds is 2. The zero-order valence-electron chi connectivity index (χ0n) is 9.54. The molecule has 0 saturated carbocycles. The van der Waals surface area contributed by atoms with Crippen LogP contribution < -0.4 is 0 Å². The zero-order chi connectivity index (χ0) is 11.7. The van der Waals surface area contributed by atoms with Gasteiger partial charge in [-0.1, -0.05) is 13.8 Å². The van der Waals surface area contributed by atoms with Crippen molar-refractivity contribution in [3.05, 3.63) is 46.5 Å². The molecule has 1 aromatic rings. The molecule has 1 aromatic carbocycles. The van der Waals surface area contributed by atoms with Crippen molar-refractivity contribution in [2.24, 2.45) is 0 Å². The predicted molar refractivity (Wildman–Crippen MR) is 63.0 cm³/mol. The van der Waals surface area contributed by atoms with Crippen molar-refractivity contribution >= 4 is 11.6 Å². The molecule has 2 rings (SSSR count). The molecule has 0 aromatic heterocycles. The maximum absolute atomic E-state index is 11.7. The van der Waals surface area contributed by atoms with Crippen LogP contribution in [0.5, 0.6) is 0 Å². The summed E-state index contributed by atoms with van der Waals surface area (Å²) in [6.45, 7) is 4.12. The maximum Gasteiger partial charge on any atom is 0.186 e. The van der Waals surface area contributed by atoms with Gasteiger partial charge in [0.25, 0.3) is 0 Å². The summed E-state index contributed by atoms with van der Waals surface area (Å²) in [6.07, 6.45) is 4.49. The summed E-state index contributed by atoms with van der Waals surface area (Å²) in [4.78, 5) is 23.3. The smallest absolute Gasteiger partial charge is 0.186 e. The lowest BCUT2D eigenvalue weighted by atomic mass is 9.89. The van der Waals surface area contributed by atoms with E-state index in [9.17, 15) is 9.59 Å². The van der Waals surface area contributed by atoms with Gasteiger partial charge in [-0.05, 0) is 48.3 Å². The Morgan fingerprint density at radius 2 is 1.19 bits per heavy atom. The second-order valence-electron chi connectivity index (χ2n) is 3.94. The summed E-state index contributed by atoms with van der Waals surface area (Å²) in [7, 11) is 0. The van der Waals surface area contributed by atoms with Crippen molar-refractivity contribution in [1.29, 1.82) is 0 Å². The summed E-state index contributed by atoms with van der Waals surface area (Å²) >= 11 is 0. The Labute approximate surface area is 95.0 Å². The fourth-order valence-corrected chi connectivity index (χ4v) is 2.09. The number of aryl methyl sites for hydroxylation is 2. The van der Waals surface area contributed by atoms with E-state index >= 15 is 0 Å². The Hall–Kier alpha value is -1.70. The fraction of sp³-hybridized carbons (Fsp3) is 0.286. The second-order valence-corrected chi connectivity index (χ2v) is 3.94. The molecular weight excluding hydrogens is 200 g/mol. The van der Waals surface area contributed by atoms with Gasteiger partial charge in [-0.25, -0.2) is 0 Å². The van der Waals surface area contributed by atoms with Gasteiger partial charge >= 0.3 is 0 Å². The Kier molecular flexibility index (Phi) is 2.73. The van der Waals surface area contributed by atoms with Gasteiger partial charge in [-0.15, -0.1) is 0 Å². The highest BCUT2D eigenvalue weighted by Gasteiger charge is 2.20. The number of fused-ring (bicyclic) bond motifs is 1. The lowest BCUT2D eigenvalue weighted by Crippen LogP contribution is -2.13. The summed E-state index contributed by atoms with van der Waals surface area (Å²) < 4.78 is 0. The molecule has 0 radical (unpaired) electrons. The third kappa shape index (κ3) is 1.60. The molecule has 1 aliphatic rings. The summed E-state index contributed by atoms with van der Waals surface area (Å²) in [5.41, 5.74) is 3.44. The molecule has 0 unspecified atom stereocenters. The monoisotopic (exact) mass is 214 g/mol. The van der Waals surface area contributed by atoms with Crippen molar-refractivity contribution in [1.82, 2.24) is 0 Å². The minimum Gasteiger partial charge on any atom is -0.289 e. The van der Waals surface area contributed by atoms with E-state index in [2.05, 4.69) is 13.8 Å². The quantitative estimate of drug-likeness (QED) is 0.758. The van der Waals surface area contributed by atoms with Crippen molar-refractivity contribution in [2.45, 2.75) is 26.7 Å². The normalized spacial score (nSPS) is 14.1. The van der Waals surface area contributed by atoms with Crippen molar-refractivity contribution in [2.75, 3.05) is 0 Å². The minimum atomic E-state index is -0.0630. The van der Waals surface area contributed by atoms with E-state index in [1.54, 1.807) is 0 Å². The molecule has 0 saturated heterocycles. The van der Waals surface area contributed by atoms with Crippen molar-refractivity contribution < 1.29 is 9.59 Å². The molecule has 0 amide bonds. The molecule has 82 valence electrons. The number of carbonyl (C=O) groups excluding carboxylic acids is 2. The molecule has 0 N–H and O–H groups in total. The van der Waals surface area contributed by atoms with Crippen LogP contribution in [0.15, 0.2) is 24.3 Å². The van der Waals surface area contributed by atoms with Gasteiger partial charge in [0, 0.05) is 11.1 Å². The van der Waals surface area contributed by atoms with E-state index in [0.717, 1.165) is 24.0 Å². The molecule has 0 bridgehead atoms. The first-order chi connectivity index (χ1) is 7.67. The lowest BCUT2D eigenvalue weighted by Gasteiger charge is -2.14. The third-order valence-corrected chi connectivity index (χ3v) is 3.02. The first kappa shape index (κ1) is 10.8. The summed E-state index contributed by atoms with van der Waals surface area (Å²) in [5, 5.41) is 0. The van der Waals surface area contributed by atoms with E-state index < -0.39 is 0 Å². The van der Waals surface area contributed by atoms with Gasteiger partial charge in [0.1, 0.15) is 0 Å². The molecule has 0 aliphatic heterocycles. The highest BCUT2D eigenvalue weighted by atomic mass is 16.1. The number of hydrogen-bond donors (Lipinski definition) is 0. The number of allylic oxidation sites excluding steroid dienone is 2. The Bertz CT molecular complexity index is 451. The standard InChI is InChI=1S/C14H14O2/c1-3-9-7-11-12(8-10(9)4-2)14(16)6-5-13(11)15/h5-8H,3-4H2,1-2H3. The van der Waals surface area contributed by atoms with Crippen LogP contribution in [0, 0.1) is 0 Å². The highest BCUT2D eigenvalue weighted by molar-refractivity contribution is 6.22. The summed E-state index contributed by atoms with van der Waals surface area (Å²) in [6, 6.07) is 3.75. The predicted octanol–water partition coefficient (Wildman–Crippen LogP) is 2.75. The molecule has 2 heteroatoms. The topological polar surface area (TPSA) is 34.1 Å². The molecule has 0 spiro atoms. The molecule has 16 heavy (non-hydrogen) atoms. The largest absolute Gasteiger partial charge is 0.289 e. The van der Waals surface area contributed by atoms with Crippen LogP contribution in [-0.2, 0) is 12.8 Å². The molecule has 0 atom stereocenters. The van der Waals surface area contributed by atoms with E-state index in [4.69, 9.17) is 0 Å². The molecular formula is C14H14O2. The van der Waals surface area contributed by atoms with Gasteiger partial charge in [-0.3, -0.25) is 9.59 Å². The Morgan fingerprint density at radius 3 is 1.50 bits per heavy atom. The van der Waals surface area contributed by atoms with Gasteiger partial charge in [0.15, 0.2) is 11.6 Å². The number of carbonyl (C=O) groups is 2. The van der Waals surface area contributed by atoms with Crippen molar-refractivity contribution in [3.63, 3.8) is 0 Å². The van der Waals surface area contributed by atoms with Gasteiger partial charge in [-0.2, -0.15) is 0 Å². The van der Waals surface area contributed by atoms with E-state index in [0.29, 0.717) is 11.1 Å². The number of hydrogen-bond acceptors (Lipinski definition) is 2. The SMILES string of the molecule is CCc1cc2c(cc1CC)C(=O)C=CC2=O. The third-order valence-electron chi connectivity index (χ3n) is 3.02. The highest BCUT2D eigenvalue weighted by Crippen LogP contribution is 2.22. The number of benzene rings is 1. The van der Waals surface area contributed by atoms with Crippen LogP contribution >= 0.6 is 0 Å². The van der Waals surface area contributed by atoms with Gasteiger partial charge in [0.2, 0.25) is 0 Å². The minimum absolute atomic E-state index is 0.0630. The molecule has 1 aliphatic carbocycles. The van der Waals surface area contributed by atoms with Crippen molar-refractivity contribution in [3.8, 4) is 0 Å². The average Bonchev–Trinajstić information content (AvgIpc) is 2.32. The Morgan fingerprint density at radius 1 is 0.812 bits per heavy atom. The van der Waals surface area contributed by atoms with Crippen LogP contribution in [0.2, 0.25) is 0 Å². The van der Waals surface area contributed by atoms with Gasteiger partial charge < -0.3 is 0 Å². The maximum atomic E-state index is 11.7. The molecule has 2 nitrogen and oxygen atoms in total. The Balaban J connectivity index is 2.66. The first-order valence-electron chi connectivity index (χ1n) is 5.59. The van der Waals surface area contributed by atoms with Crippen LogP contribution in [0.4, 0.5) is 0 Å². The van der Waals surface area contributed by atoms with Gasteiger partial charge in [0.05, 0.1) is 0 Å². The average molecular weight is 214 g/mol. The molecule has 0 heterocycles. The summed E-state index contributed by atoms with van der Waals surface area (Å²) in [5.74, 6) is -0.126. The van der Waals surface area contributed by atoms with Crippen LogP contribution in [-0.4, -0.2) is 11.6 Å². The van der Waals surface area contributed by atoms with E-state index in [1.165, 1.54) is 12.2 Å². The lowest BCUT2D eigenvalue weighted by molar-refractivity contribution is 0.0994. The first-order valence-corrected chi connectivity index (χ1v) is 5.59. The van der Waals surface area contributed by atoms with E-state index in [-0.39, 0.29) is 11.6 Å². The second kappa shape index (κ2) is 4.05. The zero-order valence-corrected chi connectivity index (χ0v) is 9.54. The number of ketones is 2. The van der Waals surface area contributed by atoms with Crippen LogP contribution in [0.25, 0.3) is 0 Å².